The minimum Gasteiger partial charge on any atom is -0.292 e. The topological polar surface area (TPSA) is 12.4 Å². The molecular weight excluding hydrogens is 134 g/mol. The Morgan fingerprint density at radius 2 is 1.82 bits per heavy atom. The molecule has 0 aliphatic carbocycles. The van der Waals surface area contributed by atoms with Gasteiger partial charge in [-0.05, 0) is 33.1 Å². The Balaban J connectivity index is 3.69. The van der Waals surface area contributed by atoms with E-state index < -0.39 is 0 Å². The third-order valence-electron chi connectivity index (χ3n) is 1.92. The summed E-state index contributed by atoms with van der Waals surface area (Å²) in [7, 11) is 0. The highest BCUT2D eigenvalue weighted by Crippen LogP contribution is 2.11. The van der Waals surface area contributed by atoms with Gasteiger partial charge in [0.2, 0.25) is 0 Å². The molecule has 0 aliphatic heterocycles. The van der Waals surface area contributed by atoms with Gasteiger partial charge in [-0.25, -0.2) is 0 Å². The van der Waals surface area contributed by atoms with E-state index in [0.29, 0.717) is 6.04 Å². The molecule has 0 bridgehead atoms. The first-order chi connectivity index (χ1) is 5.06. The van der Waals surface area contributed by atoms with Crippen molar-refractivity contribution in [2.45, 2.75) is 53.5 Å². The molecular formula is C10H21N. The van der Waals surface area contributed by atoms with Crippen LogP contribution in [0.15, 0.2) is 4.99 Å². The molecule has 1 nitrogen and oxygen atoms in total. The summed E-state index contributed by atoms with van der Waals surface area (Å²) in [5.74, 6) is 0.813. The average Bonchev–Trinajstić information content (AvgIpc) is 1.85. The number of rotatable bonds is 4. The van der Waals surface area contributed by atoms with Crippen molar-refractivity contribution in [1.82, 2.24) is 0 Å². The largest absolute Gasteiger partial charge is 0.292 e. The molecule has 0 heterocycles. The van der Waals surface area contributed by atoms with Gasteiger partial charge in [0.15, 0.2) is 0 Å². The first-order valence-electron chi connectivity index (χ1n) is 4.57. The summed E-state index contributed by atoms with van der Waals surface area (Å²) in [6.07, 6.45) is 2.49. The highest BCUT2D eigenvalue weighted by atomic mass is 14.8. The highest BCUT2D eigenvalue weighted by molar-refractivity contribution is 5.79. The zero-order valence-corrected chi connectivity index (χ0v) is 8.52. The summed E-state index contributed by atoms with van der Waals surface area (Å²) in [4.78, 5) is 4.48. The molecule has 0 fully saturated rings. The van der Waals surface area contributed by atoms with Gasteiger partial charge in [0.1, 0.15) is 0 Å². The van der Waals surface area contributed by atoms with Crippen LogP contribution in [-0.2, 0) is 0 Å². The maximum absolute atomic E-state index is 4.48. The minimum absolute atomic E-state index is 0.509. The lowest BCUT2D eigenvalue weighted by molar-refractivity contribution is 0.470. The molecule has 0 spiro atoms. The first-order valence-corrected chi connectivity index (χ1v) is 4.57. The van der Waals surface area contributed by atoms with Crippen LogP contribution in [0.25, 0.3) is 0 Å². The van der Waals surface area contributed by atoms with Crippen molar-refractivity contribution in [1.29, 1.82) is 0 Å². The van der Waals surface area contributed by atoms with E-state index in [1.807, 2.05) is 0 Å². The Bertz CT molecular complexity index is 123. The van der Waals surface area contributed by atoms with Gasteiger partial charge in [-0.15, -0.1) is 0 Å². The number of hydrogen-bond donors (Lipinski definition) is 0. The molecule has 11 heavy (non-hydrogen) atoms. The van der Waals surface area contributed by atoms with Gasteiger partial charge in [0.05, 0.1) is 0 Å². The average molecular weight is 155 g/mol. The second-order valence-electron chi connectivity index (χ2n) is 3.67. The summed E-state index contributed by atoms with van der Waals surface area (Å²) >= 11 is 0. The van der Waals surface area contributed by atoms with Crippen LogP contribution in [0.5, 0.6) is 0 Å². The van der Waals surface area contributed by atoms with Crippen LogP contribution in [0.1, 0.15) is 47.5 Å². The van der Waals surface area contributed by atoms with Crippen LogP contribution in [0.4, 0.5) is 0 Å². The smallest absolute Gasteiger partial charge is 0.0473 e. The molecule has 0 aromatic rings. The zero-order valence-electron chi connectivity index (χ0n) is 8.52. The van der Waals surface area contributed by atoms with Crippen molar-refractivity contribution >= 4 is 5.71 Å². The Morgan fingerprint density at radius 1 is 1.27 bits per heavy atom. The van der Waals surface area contributed by atoms with E-state index in [1.165, 1.54) is 18.6 Å². The molecule has 0 radical (unpaired) electrons. The molecule has 0 N–H and O–H groups in total. The Kier molecular flexibility index (Phi) is 5.18. The van der Waals surface area contributed by atoms with Crippen molar-refractivity contribution < 1.29 is 0 Å². The third-order valence-corrected chi connectivity index (χ3v) is 1.92. The van der Waals surface area contributed by atoms with Crippen LogP contribution in [0.3, 0.4) is 0 Å². The van der Waals surface area contributed by atoms with Gasteiger partial charge in [0.25, 0.3) is 0 Å². The van der Waals surface area contributed by atoms with E-state index in [-0.39, 0.29) is 0 Å². The maximum atomic E-state index is 4.48. The van der Waals surface area contributed by atoms with Crippen molar-refractivity contribution in [3.63, 3.8) is 0 Å². The Hall–Kier alpha value is -0.330. The molecule has 0 aliphatic rings. The fourth-order valence-electron chi connectivity index (χ4n) is 1.24. The normalized spacial score (nSPS) is 15.7. The molecule has 0 amide bonds. The zero-order chi connectivity index (χ0) is 8.85. The van der Waals surface area contributed by atoms with Crippen molar-refractivity contribution in [3.05, 3.63) is 0 Å². The molecule has 0 rings (SSSR count). The fourth-order valence-corrected chi connectivity index (χ4v) is 1.24. The molecule has 1 heteroatoms. The molecule has 0 saturated carbocycles. The summed E-state index contributed by atoms with van der Waals surface area (Å²) in [6, 6.07) is 0.509. The van der Waals surface area contributed by atoms with E-state index >= 15 is 0 Å². The van der Waals surface area contributed by atoms with Gasteiger partial charge in [-0.1, -0.05) is 20.3 Å². The molecule has 66 valence electrons. The minimum atomic E-state index is 0.509. The lowest BCUT2D eigenvalue weighted by Gasteiger charge is -2.11. The van der Waals surface area contributed by atoms with Crippen molar-refractivity contribution in [2.75, 3.05) is 0 Å². The molecule has 2 unspecified atom stereocenters. The second kappa shape index (κ2) is 5.34. The van der Waals surface area contributed by atoms with E-state index in [2.05, 4.69) is 39.6 Å². The third kappa shape index (κ3) is 6.08. The lowest BCUT2D eigenvalue weighted by atomic mass is 10.0. The van der Waals surface area contributed by atoms with E-state index in [4.69, 9.17) is 0 Å². The van der Waals surface area contributed by atoms with Gasteiger partial charge in [-0.2, -0.15) is 0 Å². The quantitative estimate of drug-likeness (QED) is 0.552. The number of nitrogens with zero attached hydrogens (tertiary/aromatic N) is 1. The van der Waals surface area contributed by atoms with Crippen LogP contribution < -0.4 is 0 Å². The van der Waals surface area contributed by atoms with Crippen LogP contribution in [-0.4, -0.2) is 11.8 Å². The summed E-state index contributed by atoms with van der Waals surface area (Å²) in [6.45, 7) is 10.8. The first kappa shape index (κ1) is 10.7. The Morgan fingerprint density at radius 3 is 2.18 bits per heavy atom. The second-order valence-corrected chi connectivity index (χ2v) is 3.67. The van der Waals surface area contributed by atoms with Crippen molar-refractivity contribution in [2.24, 2.45) is 10.9 Å². The van der Waals surface area contributed by atoms with E-state index in [0.717, 1.165) is 5.92 Å². The SMILES string of the molecule is CCC(C)CC(C)N=C(C)C. The van der Waals surface area contributed by atoms with Gasteiger partial charge < -0.3 is 0 Å². The van der Waals surface area contributed by atoms with Crippen LogP contribution in [0.2, 0.25) is 0 Å². The summed E-state index contributed by atoms with van der Waals surface area (Å²) < 4.78 is 0. The van der Waals surface area contributed by atoms with Crippen LogP contribution >= 0.6 is 0 Å². The van der Waals surface area contributed by atoms with E-state index in [9.17, 15) is 0 Å². The molecule has 0 saturated heterocycles. The van der Waals surface area contributed by atoms with Gasteiger partial charge in [0, 0.05) is 11.8 Å². The fraction of sp³-hybridized carbons (Fsp3) is 0.900. The Labute approximate surface area is 70.9 Å². The number of aliphatic imine (C=N–C) groups is 1. The predicted octanol–water partition coefficient (Wildman–Crippen LogP) is 3.29. The van der Waals surface area contributed by atoms with E-state index in [1.54, 1.807) is 0 Å². The van der Waals surface area contributed by atoms with Crippen molar-refractivity contribution in [3.8, 4) is 0 Å². The summed E-state index contributed by atoms with van der Waals surface area (Å²) in [5, 5.41) is 0. The monoisotopic (exact) mass is 155 g/mol. The molecule has 0 aromatic carbocycles. The number of hydrogen-bond acceptors (Lipinski definition) is 1. The predicted molar refractivity (Wildman–Crippen MR) is 52.3 cm³/mol. The van der Waals surface area contributed by atoms with Gasteiger partial charge in [-0.3, -0.25) is 4.99 Å². The summed E-state index contributed by atoms with van der Waals surface area (Å²) in [5.41, 5.74) is 1.20. The van der Waals surface area contributed by atoms with Crippen LogP contribution in [0, 0.1) is 5.92 Å². The highest BCUT2D eigenvalue weighted by Gasteiger charge is 2.04. The molecule has 0 aromatic heterocycles. The maximum Gasteiger partial charge on any atom is 0.0473 e. The molecule has 2 atom stereocenters. The lowest BCUT2D eigenvalue weighted by Crippen LogP contribution is -2.06. The standard InChI is InChI=1S/C10H21N/c1-6-9(4)7-10(5)11-8(2)3/h9-10H,6-7H2,1-5H3. The van der Waals surface area contributed by atoms with Gasteiger partial charge >= 0.3 is 0 Å².